The minimum absolute atomic E-state index is 0. The van der Waals surface area contributed by atoms with Crippen molar-refractivity contribution in [2.75, 3.05) is 7.05 Å². The van der Waals surface area contributed by atoms with E-state index in [4.69, 9.17) is 0 Å². The quantitative estimate of drug-likeness (QED) is 0.389. The van der Waals surface area contributed by atoms with Gasteiger partial charge >= 0.3 is 0 Å². The van der Waals surface area contributed by atoms with Gasteiger partial charge < -0.3 is 15.2 Å². The molecule has 0 radical (unpaired) electrons. The van der Waals surface area contributed by atoms with Crippen molar-refractivity contribution in [2.45, 2.75) is 58.2 Å². The number of nitrogens with zero attached hydrogens (tertiary/aromatic N) is 4. The number of hydrogen-bond acceptors (Lipinski definition) is 3. The summed E-state index contributed by atoms with van der Waals surface area (Å²) in [5.41, 5.74) is 1.37. The monoisotopic (exact) mass is 468 g/mol. The highest BCUT2D eigenvalue weighted by molar-refractivity contribution is 14.0. The van der Waals surface area contributed by atoms with E-state index in [0.29, 0.717) is 12.6 Å². The summed E-state index contributed by atoms with van der Waals surface area (Å²) in [7, 11) is 1.80. The fraction of sp³-hybridized carbons (Fsp3) is 0.526. The fourth-order valence-electron chi connectivity index (χ4n) is 3.19. The first-order valence-corrected chi connectivity index (χ1v) is 9.18. The maximum Gasteiger partial charge on any atom is 0.191 e. The van der Waals surface area contributed by atoms with Gasteiger partial charge in [0, 0.05) is 26.1 Å². The fourth-order valence-corrected chi connectivity index (χ4v) is 3.19. The minimum atomic E-state index is 0. The molecule has 1 aliphatic heterocycles. The van der Waals surface area contributed by atoms with Crippen molar-refractivity contribution < 1.29 is 0 Å². The van der Waals surface area contributed by atoms with Gasteiger partial charge in [0.15, 0.2) is 11.8 Å². The van der Waals surface area contributed by atoms with Crippen LogP contribution in [0, 0.1) is 0 Å². The van der Waals surface area contributed by atoms with E-state index in [2.05, 4.69) is 67.6 Å². The van der Waals surface area contributed by atoms with Crippen LogP contribution in [0.3, 0.4) is 0 Å². The summed E-state index contributed by atoms with van der Waals surface area (Å²) in [6, 6.07) is 10.9. The van der Waals surface area contributed by atoms with Crippen LogP contribution in [-0.2, 0) is 25.9 Å². The van der Waals surface area contributed by atoms with E-state index in [1.807, 2.05) is 0 Å². The van der Waals surface area contributed by atoms with Crippen molar-refractivity contribution in [3.63, 3.8) is 0 Å². The summed E-state index contributed by atoms with van der Waals surface area (Å²) in [5, 5.41) is 15.5. The lowest BCUT2D eigenvalue weighted by molar-refractivity contribution is 0.503. The molecule has 0 saturated carbocycles. The molecule has 1 atom stereocenters. The number of hydrogen-bond donors (Lipinski definition) is 2. The summed E-state index contributed by atoms with van der Waals surface area (Å²) >= 11 is 0. The number of aryl methyl sites for hydroxylation is 2. The maximum atomic E-state index is 4.33. The van der Waals surface area contributed by atoms with E-state index in [1.54, 1.807) is 7.05 Å². The third-order valence-electron chi connectivity index (χ3n) is 4.67. The van der Waals surface area contributed by atoms with Crippen molar-refractivity contribution in [3.05, 3.63) is 47.5 Å². The van der Waals surface area contributed by atoms with Gasteiger partial charge in [-0.15, -0.1) is 34.2 Å². The SMILES string of the molecule is CN=C(NCc1nnc2n1CCCC2)NC(C)CCc1ccccc1.I. The number of halogens is 1. The van der Waals surface area contributed by atoms with Crippen LogP contribution in [0.5, 0.6) is 0 Å². The maximum absolute atomic E-state index is 4.33. The van der Waals surface area contributed by atoms with E-state index >= 15 is 0 Å². The molecule has 6 nitrogen and oxygen atoms in total. The van der Waals surface area contributed by atoms with Gasteiger partial charge in [0.1, 0.15) is 5.82 Å². The zero-order valence-corrected chi connectivity index (χ0v) is 17.9. The summed E-state index contributed by atoms with van der Waals surface area (Å²) in [6.45, 7) is 3.87. The molecule has 0 spiro atoms. The van der Waals surface area contributed by atoms with Crippen molar-refractivity contribution >= 4 is 29.9 Å². The highest BCUT2D eigenvalue weighted by atomic mass is 127. The predicted octanol–water partition coefficient (Wildman–Crippen LogP) is 2.92. The van der Waals surface area contributed by atoms with Crippen LogP contribution in [0.4, 0.5) is 0 Å². The van der Waals surface area contributed by atoms with Gasteiger partial charge in [0.05, 0.1) is 6.54 Å². The Labute approximate surface area is 172 Å². The molecule has 2 heterocycles. The van der Waals surface area contributed by atoms with Gasteiger partial charge in [-0.25, -0.2) is 0 Å². The van der Waals surface area contributed by atoms with Crippen molar-refractivity contribution in [1.29, 1.82) is 0 Å². The topological polar surface area (TPSA) is 67.1 Å². The zero-order valence-electron chi connectivity index (χ0n) is 15.6. The van der Waals surface area contributed by atoms with Crippen LogP contribution in [0.15, 0.2) is 35.3 Å². The van der Waals surface area contributed by atoms with Crippen LogP contribution < -0.4 is 10.6 Å². The summed E-state index contributed by atoms with van der Waals surface area (Å²) in [5.74, 6) is 2.92. The summed E-state index contributed by atoms with van der Waals surface area (Å²) < 4.78 is 2.24. The molecule has 1 aliphatic rings. The Morgan fingerprint density at radius 3 is 2.81 bits per heavy atom. The molecule has 1 aromatic carbocycles. The van der Waals surface area contributed by atoms with Gasteiger partial charge in [-0.2, -0.15) is 0 Å². The van der Waals surface area contributed by atoms with E-state index in [1.165, 1.54) is 18.4 Å². The Kier molecular flexibility index (Phi) is 8.34. The first kappa shape index (κ1) is 20.7. The molecule has 0 fully saturated rings. The molecule has 7 heteroatoms. The smallest absolute Gasteiger partial charge is 0.191 e. The van der Waals surface area contributed by atoms with Crippen LogP contribution in [0.1, 0.15) is 43.4 Å². The highest BCUT2D eigenvalue weighted by Crippen LogP contribution is 2.14. The van der Waals surface area contributed by atoms with Gasteiger partial charge in [-0.1, -0.05) is 30.3 Å². The number of fused-ring (bicyclic) bond motifs is 1. The molecule has 142 valence electrons. The van der Waals surface area contributed by atoms with Crippen molar-refractivity contribution in [3.8, 4) is 0 Å². The zero-order chi connectivity index (χ0) is 17.5. The van der Waals surface area contributed by atoms with E-state index in [-0.39, 0.29) is 24.0 Å². The highest BCUT2D eigenvalue weighted by Gasteiger charge is 2.15. The number of aromatic nitrogens is 3. The van der Waals surface area contributed by atoms with E-state index < -0.39 is 0 Å². The molecule has 26 heavy (non-hydrogen) atoms. The first-order chi connectivity index (χ1) is 12.3. The van der Waals surface area contributed by atoms with Crippen LogP contribution in [0.25, 0.3) is 0 Å². The lowest BCUT2D eigenvalue weighted by Crippen LogP contribution is -2.42. The normalized spacial score (nSPS) is 14.9. The third-order valence-corrected chi connectivity index (χ3v) is 4.67. The molecular weight excluding hydrogens is 439 g/mol. The largest absolute Gasteiger partial charge is 0.354 e. The molecule has 0 bridgehead atoms. The van der Waals surface area contributed by atoms with Gasteiger partial charge in [-0.05, 0) is 38.2 Å². The Morgan fingerprint density at radius 1 is 1.23 bits per heavy atom. The molecule has 2 aromatic rings. The van der Waals surface area contributed by atoms with Crippen molar-refractivity contribution in [1.82, 2.24) is 25.4 Å². The molecule has 0 saturated heterocycles. The van der Waals surface area contributed by atoms with Gasteiger partial charge in [0.2, 0.25) is 0 Å². The molecule has 0 amide bonds. The molecule has 1 unspecified atom stereocenters. The van der Waals surface area contributed by atoms with Gasteiger partial charge in [0.25, 0.3) is 0 Å². The molecular formula is C19H29IN6. The number of nitrogens with one attached hydrogen (secondary N) is 2. The van der Waals surface area contributed by atoms with Crippen molar-refractivity contribution in [2.24, 2.45) is 4.99 Å². The second-order valence-corrected chi connectivity index (χ2v) is 6.64. The Balaban J connectivity index is 0.00000243. The van der Waals surface area contributed by atoms with Crippen LogP contribution in [-0.4, -0.2) is 33.8 Å². The average molecular weight is 468 g/mol. The number of rotatable bonds is 6. The second-order valence-electron chi connectivity index (χ2n) is 6.64. The molecule has 0 aliphatic carbocycles. The second kappa shape index (κ2) is 10.5. The molecule has 2 N–H and O–H groups in total. The molecule has 3 rings (SSSR count). The number of aliphatic imine (C=N–C) groups is 1. The predicted molar refractivity (Wildman–Crippen MR) is 116 cm³/mol. The van der Waals surface area contributed by atoms with E-state index in [9.17, 15) is 0 Å². The lowest BCUT2D eigenvalue weighted by Gasteiger charge is -2.19. The first-order valence-electron chi connectivity index (χ1n) is 9.18. The Bertz CT molecular complexity index is 697. The average Bonchev–Trinajstić information content (AvgIpc) is 3.07. The summed E-state index contributed by atoms with van der Waals surface area (Å²) in [4.78, 5) is 4.33. The Hall–Kier alpha value is -1.64. The Morgan fingerprint density at radius 2 is 2.04 bits per heavy atom. The molecule has 1 aromatic heterocycles. The van der Waals surface area contributed by atoms with E-state index in [0.717, 1.165) is 43.4 Å². The number of benzene rings is 1. The van der Waals surface area contributed by atoms with Gasteiger partial charge in [-0.3, -0.25) is 4.99 Å². The third kappa shape index (κ3) is 5.69. The van der Waals surface area contributed by atoms with Crippen LogP contribution in [0.2, 0.25) is 0 Å². The summed E-state index contributed by atoms with van der Waals surface area (Å²) in [6.07, 6.45) is 5.58. The standard InChI is InChI=1S/C19H28N6.HI/c1-15(11-12-16-8-4-3-5-9-16)22-19(20-2)21-14-18-24-23-17-10-6-7-13-25(17)18;/h3-5,8-9,15H,6-7,10-14H2,1-2H3,(H2,20,21,22);1H. The minimum Gasteiger partial charge on any atom is -0.354 e. The van der Waals surface area contributed by atoms with Crippen LogP contribution >= 0.6 is 24.0 Å². The number of guanidine groups is 1. The lowest BCUT2D eigenvalue weighted by atomic mass is 10.1.